The molecule has 0 atom stereocenters. The zero-order valence-corrected chi connectivity index (χ0v) is 17.4. The molecule has 2 amide bonds. The van der Waals surface area contributed by atoms with Gasteiger partial charge < -0.3 is 15.4 Å². The lowest BCUT2D eigenvalue weighted by Crippen LogP contribution is -2.51. The topological polar surface area (TPSA) is 67.4 Å². The normalized spacial score (nSPS) is 19.4. The summed E-state index contributed by atoms with van der Waals surface area (Å²) >= 11 is 13.7. The lowest BCUT2D eigenvalue weighted by atomic mass is 9.89. The molecule has 8 heteroatoms. The second kappa shape index (κ2) is 9.20. The van der Waals surface area contributed by atoms with Crippen LogP contribution in [0.2, 0.25) is 10.0 Å². The average Bonchev–Trinajstić information content (AvgIpc) is 2.46. The molecule has 0 spiro atoms. The average molecular weight is 419 g/mol. The highest BCUT2D eigenvalue weighted by Gasteiger charge is 2.33. The van der Waals surface area contributed by atoms with Crippen LogP contribution in [0.25, 0.3) is 0 Å². The van der Waals surface area contributed by atoms with E-state index in [1.54, 1.807) is 18.2 Å². The van der Waals surface area contributed by atoms with Gasteiger partial charge in [-0.1, -0.05) is 29.3 Å². The molecular formula is C18H24Cl2N2O3S. The van der Waals surface area contributed by atoms with E-state index >= 15 is 0 Å². The van der Waals surface area contributed by atoms with Gasteiger partial charge in [-0.2, -0.15) is 0 Å². The minimum Gasteiger partial charge on any atom is -0.446 e. The van der Waals surface area contributed by atoms with Gasteiger partial charge in [-0.05, 0) is 38.5 Å². The van der Waals surface area contributed by atoms with Gasteiger partial charge in [-0.15, -0.1) is 11.8 Å². The van der Waals surface area contributed by atoms with E-state index in [1.165, 1.54) is 11.8 Å². The molecular weight excluding hydrogens is 395 g/mol. The molecule has 2 rings (SSSR count). The lowest BCUT2D eigenvalue weighted by Gasteiger charge is -2.35. The van der Waals surface area contributed by atoms with Gasteiger partial charge in [0, 0.05) is 40.2 Å². The number of hydrogen-bond acceptors (Lipinski definition) is 4. The van der Waals surface area contributed by atoms with Gasteiger partial charge in [-0.25, -0.2) is 4.79 Å². The molecule has 0 saturated heterocycles. The molecule has 0 heterocycles. The van der Waals surface area contributed by atoms with Gasteiger partial charge in [0.2, 0.25) is 5.91 Å². The molecule has 0 bridgehead atoms. The Hall–Kier alpha value is -1.11. The Morgan fingerprint density at radius 1 is 1.23 bits per heavy atom. The maximum atomic E-state index is 12.0. The third-order valence-corrected chi connectivity index (χ3v) is 5.42. The van der Waals surface area contributed by atoms with Crippen LogP contribution in [-0.2, 0) is 15.3 Å². The minimum absolute atomic E-state index is 0.0410. The van der Waals surface area contributed by atoms with Gasteiger partial charge in [0.05, 0.1) is 5.75 Å². The van der Waals surface area contributed by atoms with Gasteiger partial charge in [-0.3, -0.25) is 4.79 Å². The highest BCUT2D eigenvalue weighted by atomic mass is 35.5. The number of benzene rings is 1. The molecule has 1 fully saturated rings. The molecule has 1 aromatic rings. The van der Waals surface area contributed by atoms with E-state index in [2.05, 4.69) is 10.6 Å². The predicted molar refractivity (Wildman–Crippen MR) is 107 cm³/mol. The number of amides is 2. The first-order chi connectivity index (χ1) is 12.1. The van der Waals surface area contributed by atoms with Crippen LogP contribution < -0.4 is 10.6 Å². The Morgan fingerprint density at radius 2 is 1.85 bits per heavy atom. The number of hydrogen-bond donors (Lipinski definition) is 2. The zero-order chi connectivity index (χ0) is 19.3. The highest BCUT2D eigenvalue weighted by Crippen LogP contribution is 2.28. The first-order valence-electron chi connectivity index (χ1n) is 8.43. The van der Waals surface area contributed by atoms with Crippen LogP contribution in [0.5, 0.6) is 0 Å². The number of alkyl carbamates (subject to hydrolysis) is 1. The Kier molecular flexibility index (Phi) is 7.50. The molecule has 1 aliphatic carbocycles. The maximum Gasteiger partial charge on any atom is 0.407 e. The number of rotatable bonds is 6. The van der Waals surface area contributed by atoms with Crippen LogP contribution in [0.4, 0.5) is 4.79 Å². The first kappa shape index (κ1) is 21.2. The van der Waals surface area contributed by atoms with E-state index in [0.717, 1.165) is 5.56 Å². The van der Waals surface area contributed by atoms with Gasteiger partial charge >= 0.3 is 6.09 Å². The van der Waals surface area contributed by atoms with E-state index in [1.807, 2.05) is 20.8 Å². The number of carbonyl (C=O) groups excluding carboxylic acids is 2. The molecule has 144 valence electrons. The lowest BCUT2D eigenvalue weighted by molar-refractivity contribution is -0.120. The predicted octanol–water partition coefficient (Wildman–Crippen LogP) is 4.40. The van der Waals surface area contributed by atoms with E-state index in [-0.39, 0.29) is 23.6 Å². The van der Waals surface area contributed by atoms with Crippen molar-refractivity contribution in [3.8, 4) is 0 Å². The zero-order valence-electron chi connectivity index (χ0n) is 15.1. The maximum absolute atomic E-state index is 12.0. The second-order valence-electron chi connectivity index (χ2n) is 7.33. The van der Waals surface area contributed by atoms with Crippen LogP contribution in [0.3, 0.4) is 0 Å². The molecule has 0 aromatic heterocycles. The van der Waals surface area contributed by atoms with Crippen LogP contribution in [0.15, 0.2) is 18.2 Å². The molecule has 1 aromatic carbocycles. The Bertz CT molecular complexity index is 638. The highest BCUT2D eigenvalue weighted by molar-refractivity contribution is 7.99. The standard InChI is InChI=1S/C18H24Cl2N2O3S/c1-18(2,3)22-17(24)25-12-7-11(8-12)21-16(23)10-26-9-13-14(19)5-4-6-15(13)20/h4-6,11-12H,7-10H2,1-3H3,(H,21,23)(H,22,24). The van der Waals surface area contributed by atoms with Crippen molar-refractivity contribution in [1.29, 1.82) is 0 Å². The molecule has 1 aliphatic rings. The van der Waals surface area contributed by atoms with Crippen molar-refractivity contribution >= 4 is 47.0 Å². The minimum atomic E-state index is -0.417. The second-order valence-corrected chi connectivity index (χ2v) is 9.13. The molecule has 1 saturated carbocycles. The molecule has 0 radical (unpaired) electrons. The Morgan fingerprint density at radius 3 is 2.42 bits per heavy atom. The van der Waals surface area contributed by atoms with Gasteiger partial charge in [0.25, 0.3) is 0 Å². The SMILES string of the molecule is CC(C)(C)NC(=O)OC1CC(NC(=O)CSCc2c(Cl)cccc2Cl)C1. The third-order valence-electron chi connectivity index (χ3n) is 3.75. The Balaban J connectivity index is 1.62. The summed E-state index contributed by atoms with van der Waals surface area (Å²) in [6, 6.07) is 5.42. The fourth-order valence-corrected chi connectivity index (χ4v) is 4.03. The van der Waals surface area contributed by atoms with Crippen molar-refractivity contribution in [3.63, 3.8) is 0 Å². The van der Waals surface area contributed by atoms with Crippen molar-refractivity contribution in [2.24, 2.45) is 0 Å². The number of halogens is 2. The number of carbonyl (C=O) groups is 2. The van der Waals surface area contributed by atoms with E-state index in [4.69, 9.17) is 27.9 Å². The van der Waals surface area contributed by atoms with Gasteiger partial charge in [0.1, 0.15) is 6.10 Å². The van der Waals surface area contributed by atoms with Crippen LogP contribution in [0, 0.1) is 0 Å². The van der Waals surface area contributed by atoms with E-state index < -0.39 is 6.09 Å². The molecule has 0 unspecified atom stereocenters. The Labute approximate surface area is 168 Å². The quantitative estimate of drug-likeness (QED) is 0.718. The van der Waals surface area contributed by atoms with Gasteiger partial charge in [0.15, 0.2) is 0 Å². The summed E-state index contributed by atoms with van der Waals surface area (Å²) in [4.78, 5) is 23.7. The van der Waals surface area contributed by atoms with Crippen molar-refractivity contribution in [1.82, 2.24) is 10.6 Å². The summed E-state index contributed by atoms with van der Waals surface area (Å²) in [5.74, 6) is 0.865. The summed E-state index contributed by atoms with van der Waals surface area (Å²) in [7, 11) is 0. The number of ether oxygens (including phenoxy) is 1. The van der Waals surface area contributed by atoms with Crippen molar-refractivity contribution < 1.29 is 14.3 Å². The first-order valence-corrected chi connectivity index (χ1v) is 10.3. The molecule has 0 aliphatic heterocycles. The molecule has 5 nitrogen and oxygen atoms in total. The summed E-state index contributed by atoms with van der Waals surface area (Å²) in [5.41, 5.74) is 0.520. The number of nitrogens with one attached hydrogen (secondary N) is 2. The van der Waals surface area contributed by atoms with E-state index in [0.29, 0.717) is 34.4 Å². The van der Waals surface area contributed by atoms with Crippen LogP contribution >= 0.6 is 35.0 Å². The van der Waals surface area contributed by atoms with Crippen molar-refractivity contribution in [2.45, 2.75) is 57.1 Å². The van der Waals surface area contributed by atoms with Crippen LogP contribution in [-0.4, -0.2) is 35.4 Å². The smallest absolute Gasteiger partial charge is 0.407 e. The summed E-state index contributed by atoms with van der Waals surface area (Å²) in [6.45, 7) is 5.68. The summed E-state index contributed by atoms with van der Waals surface area (Å²) < 4.78 is 5.30. The largest absolute Gasteiger partial charge is 0.446 e. The number of thioether (sulfide) groups is 1. The van der Waals surface area contributed by atoms with Crippen molar-refractivity contribution in [3.05, 3.63) is 33.8 Å². The fraction of sp³-hybridized carbons (Fsp3) is 0.556. The summed E-state index contributed by atoms with van der Waals surface area (Å²) in [6.07, 6.45) is 0.728. The fourth-order valence-electron chi connectivity index (χ4n) is 2.45. The monoisotopic (exact) mass is 418 g/mol. The van der Waals surface area contributed by atoms with Crippen LogP contribution in [0.1, 0.15) is 39.2 Å². The molecule has 26 heavy (non-hydrogen) atoms. The van der Waals surface area contributed by atoms with E-state index in [9.17, 15) is 9.59 Å². The third kappa shape index (κ3) is 6.89. The van der Waals surface area contributed by atoms with Crippen molar-refractivity contribution in [2.75, 3.05) is 5.75 Å². The molecule has 2 N–H and O–H groups in total. The summed E-state index contributed by atoms with van der Waals surface area (Å²) in [5, 5.41) is 6.92.